The Balaban J connectivity index is 1.28. The predicted octanol–water partition coefficient (Wildman–Crippen LogP) is 12.1. The summed E-state index contributed by atoms with van der Waals surface area (Å²) in [6, 6.07) is 37.7. The molecule has 0 spiro atoms. The highest BCUT2D eigenvalue weighted by atomic mass is 16.5. The van der Waals surface area contributed by atoms with Crippen LogP contribution in [0.4, 0.5) is 0 Å². The maximum atomic E-state index is 6.46. The molecule has 0 saturated heterocycles. The third kappa shape index (κ3) is 5.85. The molecule has 0 amide bonds. The lowest BCUT2D eigenvalue weighted by Crippen LogP contribution is -2.19. The molecule has 6 heteroatoms. The lowest BCUT2D eigenvalue weighted by atomic mass is 9.91. The van der Waals surface area contributed by atoms with E-state index in [9.17, 15) is 0 Å². The van der Waals surface area contributed by atoms with Crippen molar-refractivity contribution in [1.29, 1.82) is 0 Å². The van der Waals surface area contributed by atoms with Crippen molar-refractivity contribution in [2.45, 2.75) is 72.3 Å². The zero-order valence-electron chi connectivity index (χ0n) is 31.9. The Morgan fingerprint density at radius 1 is 0.667 bits per heavy atom. The number of aromatic nitrogens is 4. The fraction of sp³-hybridized carbons (Fsp3) is 0.271. The summed E-state index contributed by atoms with van der Waals surface area (Å²) in [6.45, 7) is 11.8. The first kappa shape index (κ1) is 34.0. The molecule has 4 aromatic heterocycles. The number of pyridine rings is 2. The van der Waals surface area contributed by atoms with Crippen LogP contribution in [0.3, 0.4) is 0 Å². The van der Waals surface area contributed by atoms with E-state index in [0.29, 0.717) is 18.4 Å². The zero-order valence-corrected chi connectivity index (χ0v) is 31.9. The molecule has 4 aromatic carbocycles. The first-order valence-corrected chi connectivity index (χ1v) is 19.6. The van der Waals surface area contributed by atoms with Crippen LogP contribution in [0.15, 0.2) is 121 Å². The van der Waals surface area contributed by atoms with Gasteiger partial charge in [-0.15, -0.1) is 0 Å². The second-order valence-electron chi connectivity index (χ2n) is 15.3. The van der Waals surface area contributed by atoms with Gasteiger partial charge in [-0.05, 0) is 116 Å². The van der Waals surface area contributed by atoms with Gasteiger partial charge in [0.1, 0.15) is 12.3 Å². The molecule has 0 unspecified atom stereocenters. The summed E-state index contributed by atoms with van der Waals surface area (Å²) in [5.41, 5.74) is 12.0. The quantitative estimate of drug-likeness (QED) is 0.142. The van der Waals surface area contributed by atoms with Crippen LogP contribution in [0.5, 0.6) is 0 Å². The summed E-state index contributed by atoms with van der Waals surface area (Å²) < 4.78 is 11.2. The van der Waals surface area contributed by atoms with Gasteiger partial charge in [0.05, 0.1) is 28.3 Å². The number of aryl methyl sites for hydroxylation is 1. The lowest BCUT2D eigenvalue weighted by Gasteiger charge is -2.18. The van der Waals surface area contributed by atoms with E-state index in [1.807, 2.05) is 30.6 Å². The van der Waals surface area contributed by atoms with Crippen LogP contribution in [-0.2, 0) is 4.74 Å². The average Bonchev–Trinajstić information content (AvgIpc) is 3.90. The van der Waals surface area contributed by atoms with Gasteiger partial charge in [-0.25, -0.2) is 9.98 Å². The Morgan fingerprint density at radius 2 is 1.44 bits per heavy atom. The molecule has 0 saturated carbocycles. The summed E-state index contributed by atoms with van der Waals surface area (Å²) in [7, 11) is 0. The van der Waals surface area contributed by atoms with Gasteiger partial charge in [0, 0.05) is 56.4 Å². The van der Waals surface area contributed by atoms with Gasteiger partial charge in [0.25, 0.3) is 0 Å². The summed E-state index contributed by atoms with van der Waals surface area (Å²) in [4.78, 5) is 15.0. The highest BCUT2D eigenvalue weighted by Gasteiger charge is 2.28. The molecular weight excluding hydrogens is 663 g/mol. The summed E-state index contributed by atoms with van der Waals surface area (Å²) in [5, 5.41) is 4.81. The number of hydrogen-bond acceptors (Lipinski definition) is 4. The first-order valence-electron chi connectivity index (χ1n) is 19.6. The van der Waals surface area contributed by atoms with Crippen molar-refractivity contribution >= 4 is 49.6 Å². The van der Waals surface area contributed by atoms with Crippen molar-refractivity contribution in [2.24, 2.45) is 10.9 Å². The van der Waals surface area contributed by atoms with E-state index in [4.69, 9.17) is 19.7 Å². The Kier molecular flexibility index (Phi) is 8.77. The SMILES string of the molecule is CCCC(CCC)[C@@H]1COC(c2cc(-c3ccccn3)cc(-n3c4ccc(C)cc4c4ccc(-n5c6ccc(C(C)C)cc6c6cccnc65)cc43)c2)=N1. The molecule has 5 heterocycles. The topological polar surface area (TPSA) is 57.2 Å². The van der Waals surface area contributed by atoms with Crippen LogP contribution in [0.1, 0.15) is 76.0 Å². The number of hydrogen-bond donors (Lipinski definition) is 0. The van der Waals surface area contributed by atoms with Gasteiger partial charge in [0.2, 0.25) is 5.90 Å². The van der Waals surface area contributed by atoms with Crippen molar-refractivity contribution in [1.82, 2.24) is 19.1 Å². The molecular formula is C48H47N5O. The van der Waals surface area contributed by atoms with Gasteiger partial charge in [-0.1, -0.05) is 70.4 Å². The Morgan fingerprint density at radius 3 is 2.24 bits per heavy atom. The third-order valence-corrected chi connectivity index (χ3v) is 11.3. The van der Waals surface area contributed by atoms with E-state index < -0.39 is 0 Å². The minimum atomic E-state index is 0.178. The fourth-order valence-electron chi connectivity index (χ4n) is 8.63. The maximum absolute atomic E-state index is 6.46. The van der Waals surface area contributed by atoms with Gasteiger partial charge in [-0.3, -0.25) is 9.55 Å². The fourth-order valence-corrected chi connectivity index (χ4v) is 8.63. The van der Waals surface area contributed by atoms with E-state index in [1.54, 1.807) is 0 Å². The molecule has 0 aliphatic carbocycles. The lowest BCUT2D eigenvalue weighted by molar-refractivity contribution is 0.261. The van der Waals surface area contributed by atoms with Crippen molar-refractivity contribution in [3.8, 4) is 22.6 Å². The average molecular weight is 710 g/mol. The number of aliphatic imine (C=N–C) groups is 1. The highest BCUT2D eigenvalue weighted by molar-refractivity contribution is 6.12. The number of benzene rings is 4. The second-order valence-corrected chi connectivity index (χ2v) is 15.3. The number of ether oxygens (including phenoxy) is 1. The first-order chi connectivity index (χ1) is 26.4. The molecule has 8 aromatic rings. The monoisotopic (exact) mass is 709 g/mol. The predicted molar refractivity (Wildman–Crippen MR) is 225 cm³/mol. The van der Waals surface area contributed by atoms with Gasteiger partial charge in [0.15, 0.2) is 0 Å². The van der Waals surface area contributed by atoms with Gasteiger partial charge < -0.3 is 9.30 Å². The number of nitrogens with zero attached hydrogens (tertiary/aromatic N) is 5. The van der Waals surface area contributed by atoms with Crippen molar-refractivity contribution in [2.75, 3.05) is 6.61 Å². The molecule has 0 fully saturated rings. The van der Waals surface area contributed by atoms with Crippen LogP contribution < -0.4 is 0 Å². The van der Waals surface area contributed by atoms with E-state index in [2.05, 4.69) is 129 Å². The number of rotatable bonds is 10. The minimum Gasteiger partial charge on any atom is -0.475 e. The van der Waals surface area contributed by atoms with Crippen molar-refractivity contribution in [3.63, 3.8) is 0 Å². The molecule has 0 N–H and O–H groups in total. The van der Waals surface area contributed by atoms with Crippen molar-refractivity contribution in [3.05, 3.63) is 132 Å². The molecule has 1 aliphatic rings. The Bertz CT molecular complexity index is 2690. The Hall–Kier alpha value is -5.75. The smallest absolute Gasteiger partial charge is 0.216 e. The van der Waals surface area contributed by atoms with E-state index >= 15 is 0 Å². The van der Waals surface area contributed by atoms with E-state index in [0.717, 1.165) is 74.5 Å². The van der Waals surface area contributed by atoms with Crippen LogP contribution >= 0.6 is 0 Å². The molecule has 1 aliphatic heterocycles. The summed E-state index contributed by atoms with van der Waals surface area (Å²) in [6.07, 6.45) is 8.41. The van der Waals surface area contributed by atoms with Crippen LogP contribution in [-0.4, -0.2) is 37.6 Å². The zero-order chi connectivity index (χ0) is 36.9. The standard InChI is InChI=1S/C48H47N5O/c1-6-11-32(12-7-2)43-29-54-48(51-43)35-24-34(42-14-8-9-21-49-42)25-37(26-35)52-44-19-15-31(5)23-40(44)38-18-17-36(28-46(38)52)53-45-20-16-33(30(3)4)27-41(45)39-13-10-22-50-47(39)53/h8-10,13-28,30,32,43H,6-7,11-12,29H2,1-5H3/t43-/m0/s1. The summed E-state index contributed by atoms with van der Waals surface area (Å²) in [5.74, 6) is 1.69. The Labute approximate surface area is 317 Å². The third-order valence-electron chi connectivity index (χ3n) is 11.3. The number of fused-ring (bicyclic) bond motifs is 6. The highest BCUT2D eigenvalue weighted by Crippen LogP contribution is 2.39. The molecule has 0 radical (unpaired) electrons. The van der Waals surface area contributed by atoms with Crippen LogP contribution in [0, 0.1) is 12.8 Å². The molecule has 270 valence electrons. The van der Waals surface area contributed by atoms with Gasteiger partial charge in [-0.2, -0.15) is 0 Å². The van der Waals surface area contributed by atoms with Gasteiger partial charge >= 0.3 is 0 Å². The van der Waals surface area contributed by atoms with Crippen molar-refractivity contribution < 1.29 is 4.74 Å². The molecule has 0 bridgehead atoms. The van der Waals surface area contributed by atoms with E-state index in [-0.39, 0.29) is 6.04 Å². The van der Waals surface area contributed by atoms with Crippen LogP contribution in [0.25, 0.3) is 66.4 Å². The van der Waals surface area contributed by atoms with Crippen LogP contribution in [0.2, 0.25) is 0 Å². The molecule has 9 rings (SSSR count). The largest absolute Gasteiger partial charge is 0.475 e. The second kappa shape index (κ2) is 13.9. The maximum Gasteiger partial charge on any atom is 0.216 e. The molecule has 1 atom stereocenters. The minimum absolute atomic E-state index is 0.178. The summed E-state index contributed by atoms with van der Waals surface area (Å²) >= 11 is 0. The molecule has 54 heavy (non-hydrogen) atoms. The normalized spacial score (nSPS) is 14.6. The molecule has 6 nitrogen and oxygen atoms in total. The van der Waals surface area contributed by atoms with E-state index in [1.165, 1.54) is 40.1 Å².